The number of aliphatic hydroxyl groups is 1. The molecule has 1 saturated heterocycles. The Morgan fingerprint density at radius 3 is 2.52 bits per heavy atom. The number of pyridine rings is 1. The van der Waals surface area contributed by atoms with Gasteiger partial charge in [0, 0.05) is 25.2 Å². The highest BCUT2D eigenvalue weighted by Crippen LogP contribution is 2.45. The molecule has 2 aliphatic heterocycles. The third-order valence-electron chi connectivity index (χ3n) is 7.29. The van der Waals surface area contributed by atoms with Crippen LogP contribution in [-0.4, -0.2) is 65.0 Å². The highest BCUT2D eigenvalue weighted by atomic mass is 19.4. The molecule has 0 bridgehead atoms. The maximum atomic E-state index is 16.4. The van der Waals surface area contributed by atoms with Gasteiger partial charge in [-0.3, -0.25) is 0 Å². The fourth-order valence-electron chi connectivity index (χ4n) is 5.26. The molecule has 3 aromatic rings. The summed E-state index contributed by atoms with van der Waals surface area (Å²) in [5.74, 6) is -2.27. The first kappa shape index (κ1) is 31.4. The van der Waals surface area contributed by atoms with Crippen LogP contribution in [0.1, 0.15) is 51.2 Å². The monoisotopic (exact) mass is 597 g/mol. The van der Waals surface area contributed by atoms with Crippen LogP contribution >= 0.6 is 0 Å². The van der Waals surface area contributed by atoms with Crippen molar-refractivity contribution in [1.82, 2.24) is 20.3 Å². The van der Waals surface area contributed by atoms with Gasteiger partial charge < -0.3 is 31.1 Å². The number of aliphatic hydroxyl groups excluding tert-OH is 1. The van der Waals surface area contributed by atoms with Crippen molar-refractivity contribution in [2.24, 2.45) is 0 Å². The van der Waals surface area contributed by atoms with Gasteiger partial charge in [-0.2, -0.15) is 18.2 Å². The number of hydrogen-bond donors (Lipinski definition) is 4. The number of nitrogens with two attached hydrogens (primary N) is 1. The second-order valence-electron chi connectivity index (χ2n) is 10.1. The summed E-state index contributed by atoms with van der Waals surface area (Å²) in [6.07, 6.45) is -3.54. The Morgan fingerprint density at radius 2 is 1.83 bits per heavy atom. The largest absolute Gasteiger partial charge is 0.474 e. The molecule has 5 rings (SSSR count). The Kier molecular flexibility index (Phi) is 9.56. The van der Waals surface area contributed by atoms with Gasteiger partial charge in [0.15, 0.2) is 5.82 Å². The Morgan fingerprint density at radius 1 is 1.10 bits per heavy atom. The molecule has 1 fully saturated rings. The predicted octanol–water partition coefficient (Wildman–Crippen LogP) is 5.04. The molecular weight excluding hydrogens is 561 g/mol. The number of benzene rings is 1. The van der Waals surface area contributed by atoms with Crippen molar-refractivity contribution in [2.75, 3.05) is 48.7 Å². The van der Waals surface area contributed by atoms with Crippen LogP contribution in [0.3, 0.4) is 0 Å². The van der Waals surface area contributed by atoms with Crippen molar-refractivity contribution >= 4 is 28.4 Å². The number of nitrogen functional groups attached to an aromatic ring is 1. The van der Waals surface area contributed by atoms with Gasteiger partial charge in [0.2, 0.25) is 11.8 Å². The van der Waals surface area contributed by atoms with E-state index in [2.05, 4.69) is 25.6 Å². The third-order valence-corrected chi connectivity index (χ3v) is 7.29. The number of rotatable bonds is 3. The maximum Gasteiger partial charge on any atom is 0.417 e. The van der Waals surface area contributed by atoms with E-state index in [-0.39, 0.29) is 41.2 Å². The van der Waals surface area contributed by atoms with Crippen LogP contribution in [-0.2, 0) is 6.18 Å². The summed E-state index contributed by atoms with van der Waals surface area (Å²) >= 11 is 0. The molecular formula is C28H36F5N7O2. The maximum absolute atomic E-state index is 16.4. The highest BCUT2D eigenvalue weighted by molar-refractivity contribution is 5.97. The molecule has 1 aromatic carbocycles. The summed E-state index contributed by atoms with van der Waals surface area (Å²) in [6, 6.07) is 0.433. The van der Waals surface area contributed by atoms with Gasteiger partial charge in [-0.05, 0) is 51.3 Å². The van der Waals surface area contributed by atoms with E-state index in [4.69, 9.17) is 10.5 Å². The fraction of sp³-hybridized carbons (Fsp3) is 0.536. The first-order valence-corrected chi connectivity index (χ1v) is 14.1. The fourth-order valence-corrected chi connectivity index (χ4v) is 5.26. The van der Waals surface area contributed by atoms with Gasteiger partial charge in [0.1, 0.15) is 28.2 Å². The lowest BCUT2D eigenvalue weighted by atomic mass is 9.96. The predicted molar refractivity (Wildman–Crippen MR) is 152 cm³/mol. The molecule has 5 N–H and O–H groups in total. The number of halogens is 5. The van der Waals surface area contributed by atoms with E-state index in [1.165, 1.54) is 0 Å². The molecule has 42 heavy (non-hydrogen) atoms. The van der Waals surface area contributed by atoms with Crippen LogP contribution in [0, 0.1) is 18.6 Å². The van der Waals surface area contributed by atoms with Crippen LogP contribution < -0.4 is 26.0 Å². The van der Waals surface area contributed by atoms with Crippen molar-refractivity contribution < 1.29 is 31.8 Å². The summed E-state index contributed by atoms with van der Waals surface area (Å²) in [4.78, 5) is 15.0. The van der Waals surface area contributed by atoms with Gasteiger partial charge in [0.05, 0.1) is 30.0 Å². The molecule has 0 amide bonds. The zero-order valence-electron chi connectivity index (χ0n) is 24.0. The Labute approximate surface area is 240 Å². The van der Waals surface area contributed by atoms with E-state index >= 15 is 4.39 Å². The van der Waals surface area contributed by atoms with Crippen LogP contribution in [0.25, 0.3) is 22.2 Å². The zero-order valence-corrected chi connectivity index (χ0v) is 24.0. The summed E-state index contributed by atoms with van der Waals surface area (Å²) in [6.45, 7) is 8.57. The average molecular weight is 598 g/mol. The van der Waals surface area contributed by atoms with Crippen molar-refractivity contribution in [2.45, 2.75) is 65.3 Å². The van der Waals surface area contributed by atoms with Crippen molar-refractivity contribution in [1.29, 1.82) is 0 Å². The first-order chi connectivity index (χ1) is 20.0. The molecule has 9 nitrogen and oxygen atoms in total. The minimum Gasteiger partial charge on any atom is -0.474 e. The Hall–Kier alpha value is -3.52. The standard InChI is InChI=1S/C26H30F5N7O2.C2H6/c1-12-5-6-33-7-8-34-23-17-22(36-25(37-23)38-9-3-4-14(38)11-39)20(28)21(35-24(17)40-12)15-10-16(32)19(27)13(2)18(15)26(29,30)31;1-2/h10,12,14,33,39H,3-9,11,32H2,1-2H3,(H,34,36,37);1-2H3. The third kappa shape index (κ3) is 6.00. The molecule has 2 atom stereocenters. The Bertz CT molecular complexity index is 1440. The normalized spacial score (nSPS) is 19.4. The number of anilines is 3. The minimum absolute atomic E-state index is 0.0684. The summed E-state index contributed by atoms with van der Waals surface area (Å²) < 4.78 is 79.7. The molecule has 2 unspecified atom stereocenters. The second kappa shape index (κ2) is 12.8. The minimum atomic E-state index is -5.04. The summed E-state index contributed by atoms with van der Waals surface area (Å²) in [5, 5.41) is 16.3. The Balaban J connectivity index is 0.00000198. The van der Waals surface area contributed by atoms with Crippen molar-refractivity contribution in [3.05, 3.63) is 28.8 Å². The average Bonchev–Trinajstić information content (AvgIpc) is 3.43. The van der Waals surface area contributed by atoms with Crippen LogP contribution in [0.4, 0.5) is 39.4 Å². The number of nitrogens with one attached hydrogen (secondary N) is 2. The number of alkyl halides is 3. The van der Waals surface area contributed by atoms with Crippen molar-refractivity contribution in [3.63, 3.8) is 0 Å². The molecule has 2 aliphatic rings. The molecule has 14 heteroatoms. The van der Waals surface area contributed by atoms with E-state index < -0.39 is 52.0 Å². The van der Waals surface area contributed by atoms with E-state index in [0.29, 0.717) is 39.0 Å². The van der Waals surface area contributed by atoms with Crippen LogP contribution in [0.15, 0.2) is 6.07 Å². The number of aromatic nitrogens is 3. The van der Waals surface area contributed by atoms with Crippen molar-refractivity contribution in [3.8, 4) is 17.1 Å². The number of hydrogen-bond acceptors (Lipinski definition) is 9. The van der Waals surface area contributed by atoms with E-state index in [9.17, 15) is 22.7 Å². The molecule has 0 aliphatic carbocycles. The molecule has 4 heterocycles. The van der Waals surface area contributed by atoms with Crippen LogP contribution in [0.5, 0.6) is 5.88 Å². The van der Waals surface area contributed by atoms with E-state index in [1.807, 2.05) is 13.8 Å². The topological polar surface area (TPSA) is 121 Å². The van der Waals surface area contributed by atoms with Gasteiger partial charge >= 0.3 is 6.18 Å². The smallest absolute Gasteiger partial charge is 0.417 e. The lowest BCUT2D eigenvalue weighted by molar-refractivity contribution is -0.137. The van der Waals surface area contributed by atoms with Gasteiger partial charge in [-0.25, -0.2) is 18.7 Å². The molecule has 0 radical (unpaired) electrons. The lowest BCUT2D eigenvalue weighted by Gasteiger charge is -2.25. The molecule has 230 valence electrons. The van der Waals surface area contributed by atoms with Gasteiger partial charge in [-0.15, -0.1) is 0 Å². The second-order valence-corrected chi connectivity index (χ2v) is 10.1. The van der Waals surface area contributed by atoms with Crippen LogP contribution in [0.2, 0.25) is 0 Å². The summed E-state index contributed by atoms with van der Waals surface area (Å²) in [7, 11) is 0. The lowest BCUT2D eigenvalue weighted by Crippen LogP contribution is -2.33. The quantitative estimate of drug-likeness (QED) is 0.243. The molecule has 0 spiro atoms. The number of ether oxygens (including phenoxy) is 1. The first-order valence-electron chi connectivity index (χ1n) is 14.1. The molecule has 0 saturated carbocycles. The highest BCUT2D eigenvalue weighted by Gasteiger charge is 2.39. The van der Waals surface area contributed by atoms with E-state index in [1.54, 1.807) is 11.8 Å². The van der Waals surface area contributed by atoms with E-state index in [0.717, 1.165) is 19.4 Å². The number of nitrogens with zero attached hydrogens (tertiary/aromatic N) is 4. The molecule has 2 aromatic heterocycles. The SMILES string of the molecule is CC.Cc1c(F)c(N)cc(-c2nc3c4c(nc(N5CCCC5CO)nc4c2F)NCCNCCC(C)O3)c1C(F)(F)F. The summed E-state index contributed by atoms with van der Waals surface area (Å²) in [5.41, 5.74) is 1.20. The zero-order chi connectivity index (χ0) is 30.8. The van der Waals surface area contributed by atoms with Gasteiger partial charge in [0.25, 0.3) is 0 Å². The van der Waals surface area contributed by atoms with Gasteiger partial charge in [-0.1, -0.05) is 13.8 Å².